The van der Waals surface area contributed by atoms with Gasteiger partial charge in [0, 0.05) is 22.7 Å². The molecular formula is C14H12ClF2NOS. The second kappa shape index (κ2) is 6.81. The lowest BCUT2D eigenvalue weighted by Crippen LogP contribution is -1.99. The monoisotopic (exact) mass is 315 g/mol. The van der Waals surface area contributed by atoms with Crippen molar-refractivity contribution in [1.29, 1.82) is 0 Å². The number of hydrogen-bond acceptors (Lipinski definition) is 3. The van der Waals surface area contributed by atoms with E-state index in [2.05, 4.69) is 5.32 Å². The second-order valence-corrected chi connectivity index (χ2v) is 5.47. The molecule has 0 saturated carbocycles. The molecular weight excluding hydrogens is 304 g/mol. The Morgan fingerprint density at radius 1 is 1.15 bits per heavy atom. The van der Waals surface area contributed by atoms with Gasteiger partial charge in [0.2, 0.25) is 0 Å². The summed E-state index contributed by atoms with van der Waals surface area (Å²) in [5, 5.41) is 13.2. The molecule has 0 unspecified atom stereocenters. The maximum Gasteiger partial charge on any atom is 0.288 e. The van der Waals surface area contributed by atoms with Gasteiger partial charge in [0.1, 0.15) is 5.75 Å². The third-order valence-electron chi connectivity index (χ3n) is 2.63. The zero-order valence-electron chi connectivity index (χ0n) is 10.3. The van der Waals surface area contributed by atoms with Gasteiger partial charge < -0.3 is 10.4 Å². The van der Waals surface area contributed by atoms with E-state index in [1.807, 2.05) is 0 Å². The van der Waals surface area contributed by atoms with Crippen molar-refractivity contribution in [3.63, 3.8) is 0 Å². The number of anilines is 1. The Morgan fingerprint density at radius 3 is 2.50 bits per heavy atom. The summed E-state index contributed by atoms with van der Waals surface area (Å²) in [5.74, 6) is -2.37. The summed E-state index contributed by atoms with van der Waals surface area (Å²) >= 11 is 6.32. The van der Waals surface area contributed by atoms with Crippen molar-refractivity contribution in [3.05, 3.63) is 53.1 Å². The summed E-state index contributed by atoms with van der Waals surface area (Å²) in [4.78, 5) is 0.510. The Bertz CT molecular complexity index is 578. The van der Waals surface area contributed by atoms with Gasteiger partial charge in [-0.15, -0.1) is 0 Å². The maximum atomic E-state index is 12.2. The number of nitrogens with one attached hydrogen (secondary N) is 1. The number of thioether (sulfide) groups is 1. The quantitative estimate of drug-likeness (QED) is 0.764. The van der Waals surface area contributed by atoms with E-state index in [-0.39, 0.29) is 5.75 Å². The highest BCUT2D eigenvalue weighted by Gasteiger charge is 2.06. The van der Waals surface area contributed by atoms with Gasteiger partial charge in [0.25, 0.3) is 5.76 Å². The molecule has 0 aromatic heterocycles. The molecule has 0 spiro atoms. The zero-order valence-corrected chi connectivity index (χ0v) is 11.9. The standard InChI is InChI=1S/C14H12ClF2NOS/c15-12-3-1-2-9(13(12)19)8-18-10-4-6-11(7-5-10)20-14(16)17/h1-7,14,18-19H,8H2. The molecule has 0 aliphatic rings. The number of rotatable bonds is 5. The average Bonchev–Trinajstić information content (AvgIpc) is 2.41. The Labute approximate surface area is 124 Å². The van der Waals surface area contributed by atoms with Crippen molar-refractivity contribution < 1.29 is 13.9 Å². The fraction of sp³-hybridized carbons (Fsp3) is 0.143. The minimum Gasteiger partial charge on any atom is -0.506 e. The van der Waals surface area contributed by atoms with Crippen LogP contribution in [0.4, 0.5) is 14.5 Å². The van der Waals surface area contributed by atoms with Gasteiger partial charge in [0.05, 0.1) is 5.02 Å². The van der Waals surface area contributed by atoms with Crippen LogP contribution in [0.15, 0.2) is 47.4 Å². The predicted molar refractivity (Wildman–Crippen MR) is 78.7 cm³/mol. The van der Waals surface area contributed by atoms with Crippen LogP contribution in [0, 0.1) is 0 Å². The highest BCUT2D eigenvalue weighted by Crippen LogP contribution is 2.28. The number of halogens is 3. The molecule has 106 valence electrons. The third kappa shape index (κ3) is 4.02. The summed E-state index contributed by atoms with van der Waals surface area (Å²) in [6.45, 7) is 0.397. The number of aromatic hydroxyl groups is 1. The second-order valence-electron chi connectivity index (χ2n) is 4.00. The fourth-order valence-electron chi connectivity index (χ4n) is 1.65. The molecule has 0 radical (unpaired) electrons. The Kier molecular flexibility index (Phi) is 5.09. The van der Waals surface area contributed by atoms with Crippen molar-refractivity contribution in [2.45, 2.75) is 17.2 Å². The smallest absolute Gasteiger partial charge is 0.288 e. The molecule has 0 heterocycles. The number of phenols is 1. The van der Waals surface area contributed by atoms with Crippen LogP contribution in [0.3, 0.4) is 0 Å². The van der Waals surface area contributed by atoms with E-state index in [0.29, 0.717) is 33.8 Å². The van der Waals surface area contributed by atoms with Crippen molar-refractivity contribution in [2.75, 3.05) is 5.32 Å². The van der Waals surface area contributed by atoms with E-state index < -0.39 is 5.76 Å². The highest BCUT2D eigenvalue weighted by atomic mass is 35.5. The van der Waals surface area contributed by atoms with Crippen LogP contribution in [-0.2, 0) is 6.54 Å². The normalized spacial score (nSPS) is 10.8. The van der Waals surface area contributed by atoms with Gasteiger partial charge in [-0.3, -0.25) is 0 Å². The van der Waals surface area contributed by atoms with E-state index in [4.69, 9.17) is 11.6 Å². The van der Waals surface area contributed by atoms with Crippen LogP contribution in [0.25, 0.3) is 0 Å². The van der Waals surface area contributed by atoms with Crippen molar-refractivity contribution in [2.24, 2.45) is 0 Å². The van der Waals surface area contributed by atoms with E-state index in [1.54, 1.807) is 42.5 Å². The first-order valence-corrected chi connectivity index (χ1v) is 7.07. The van der Waals surface area contributed by atoms with Crippen molar-refractivity contribution in [1.82, 2.24) is 0 Å². The largest absolute Gasteiger partial charge is 0.506 e. The Hall–Kier alpha value is -1.46. The molecule has 2 aromatic rings. The van der Waals surface area contributed by atoms with Crippen LogP contribution in [-0.4, -0.2) is 10.9 Å². The minimum absolute atomic E-state index is 0.0477. The molecule has 0 aliphatic heterocycles. The first-order chi connectivity index (χ1) is 9.56. The van der Waals surface area contributed by atoms with Gasteiger partial charge in [-0.2, -0.15) is 8.78 Å². The first kappa shape index (κ1) is 14.9. The summed E-state index contributed by atoms with van der Waals surface area (Å²) in [5.41, 5.74) is 1.45. The van der Waals surface area contributed by atoms with Gasteiger partial charge in [-0.25, -0.2) is 0 Å². The third-order valence-corrected chi connectivity index (χ3v) is 3.66. The fourth-order valence-corrected chi connectivity index (χ4v) is 2.35. The lowest BCUT2D eigenvalue weighted by atomic mass is 10.2. The molecule has 0 saturated heterocycles. The molecule has 0 bridgehead atoms. The van der Waals surface area contributed by atoms with Gasteiger partial charge in [0.15, 0.2) is 0 Å². The number of benzene rings is 2. The Balaban J connectivity index is 1.99. The van der Waals surface area contributed by atoms with Crippen LogP contribution in [0.2, 0.25) is 5.02 Å². The molecule has 2 N–H and O–H groups in total. The summed E-state index contributed by atoms with van der Waals surface area (Å²) in [6, 6.07) is 11.8. The maximum absolute atomic E-state index is 12.2. The van der Waals surface area contributed by atoms with E-state index in [0.717, 1.165) is 5.69 Å². The van der Waals surface area contributed by atoms with Crippen molar-refractivity contribution >= 4 is 29.1 Å². The molecule has 0 amide bonds. The summed E-state index contributed by atoms with van der Waals surface area (Å²) in [6.07, 6.45) is 0. The number of hydrogen-bond donors (Lipinski definition) is 2. The van der Waals surface area contributed by atoms with Crippen LogP contribution in [0.1, 0.15) is 5.56 Å². The average molecular weight is 316 g/mol. The van der Waals surface area contributed by atoms with Gasteiger partial charge in [-0.05, 0) is 30.3 Å². The van der Waals surface area contributed by atoms with E-state index in [1.165, 1.54) is 0 Å². The number of phenolic OH excluding ortho intramolecular Hbond substituents is 1. The van der Waals surface area contributed by atoms with Crippen molar-refractivity contribution in [3.8, 4) is 5.75 Å². The SMILES string of the molecule is Oc1c(Cl)cccc1CNc1ccc(SC(F)F)cc1. The lowest BCUT2D eigenvalue weighted by molar-refractivity contribution is 0.252. The molecule has 0 aliphatic carbocycles. The van der Waals surface area contributed by atoms with E-state index in [9.17, 15) is 13.9 Å². The van der Waals surface area contributed by atoms with Gasteiger partial charge >= 0.3 is 0 Å². The minimum atomic E-state index is -2.42. The Morgan fingerprint density at radius 2 is 1.85 bits per heavy atom. The summed E-state index contributed by atoms with van der Waals surface area (Å²) in [7, 11) is 0. The zero-order chi connectivity index (χ0) is 14.5. The van der Waals surface area contributed by atoms with Crippen LogP contribution >= 0.6 is 23.4 Å². The molecule has 6 heteroatoms. The number of para-hydroxylation sites is 1. The molecule has 2 rings (SSSR count). The molecule has 2 aromatic carbocycles. The molecule has 0 atom stereocenters. The number of alkyl halides is 2. The topological polar surface area (TPSA) is 32.3 Å². The predicted octanol–water partition coefficient (Wildman–Crippen LogP) is 4.97. The highest BCUT2D eigenvalue weighted by molar-refractivity contribution is 7.99. The lowest BCUT2D eigenvalue weighted by Gasteiger charge is -2.09. The van der Waals surface area contributed by atoms with Crippen LogP contribution < -0.4 is 5.32 Å². The summed E-state index contributed by atoms with van der Waals surface area (Å²) < 4.78 is 24.4. The van der Waals surface area contributed by atoms with Crippen LogP contribution in [0.5, 0.6) is 5.75 Å². The molecule has 2 nitrogen and oxygen atoms in total. The molecule has 20 heavy (non-hydrogen) atoms. The first-order valence-electron chi connectivity index (χ1n) is 5.81. The molecule has 0 fully saturated rings. The van der Waals surface area contributed by atoms with E-state index >= 15 is 0 Å². The van der Waals surface area contributed by atoms with Gasteiger partial charge in [-0.1, -0.05) is 35.5 Å².